The maximum Gasteiger partial charge on any atom is 0.263 e. The molecule has 2 aromatic carbocycles. The lowest BCUT2D eigenvalue weighted by Crippen LogP contribution is -2.40. The molecule has 3 aromatic rings. The second-order valence-electron chi connectivity index (χ2n) is 6.31. The summed E-state index contributed by atoms with van der Waals surface area (Å²) < 4.78 is 11.1. The molecule has 0 radical (unpaired) electrons. The van der Waals surface area contributed by atoms with E-state index in [0.29, 0.717) is 24.0 Å². The first-order valence-corrected chi connectivity index (χ1v) is 8.97. The van der Waals surface area contributed by atoms with Crippen molar-refractivity contribution >= 4 is 5.91 Å². The molecule has 0 bridgehead atoms. The van der Waals surface area contributed by atoms with Gasteiger partial charge in [0.05, 0.1) is 0 Å². The van der Waals surface area contributed by atoms with Gasteiger partial charge in [-0.3, -0.25) is 4.79 Å². The van der Waals surface area contributed by atoms with Crippen molar-refractivity contribution in [2.45, 2.75) is 33.4 Å². The molecule has 0 saturated heterocycles. The highest BCUT2D eigenvalue weighted by Gasteiger charge is 2.23. The van der Waals surface area contributed by atoms with Gasteiger partial charge in [-0.15, -0.1) is 0 Å². The van der Waals surface area contributed by atoms with E-state index in [2.05, 4.69) is 10.1 Å². The maximum absolute atomic E-state index is 12.7. The molecule has 6 heteroatoms. The normalized spacial score (nSPS) is 11.8. The lowest BCUT2D eigenvalue weighted by atomic mass is 10.1. The topological polar surface area (TPSA) is 68.5 Å². The fraction of sp³-hybridized carbons (Fsp3) is 0.286. The molecule has 0 unspecified atom stereocenters. The van der Waals surface area contributed by atoms with Crippen molar-refractivity contribution in [1.82, 2.24) is 15.0 Å². The quantitative estimate of drug-likeness (QED) is 0.636. The van der Waals surface area contributed by atoms with E-state index in [0.717, 1.165) is 11.1 Å². The number of aromatic nitrogens is 2. The van der Waals surface area contributed by atoms with Crippen molar-refractivity contribution < 1.29 is 14.1 Å². The minimum Gasteiger partial charge on any atom is -0.481 e. The van der Waals surface area contributed by atoms with E-state index in [1.165, 1.54) is 0 Å². The Balaban J connectivity index is 1.67. The van der Waals surface area contributed by atoms with E-state index in [1.54, 1.807) is 11.8 Å². The third-order valence-electron chi connectivity index (χ3n) is 4.17. The van der Waals surface area contributed by atoms with Crippen LogP contribution in [-0.2, 0) is 11.3 Å². The van der Waals surface area contributed by atoms with Crippen LogP contribution in [0.1, 0.15) is 25.3 Å². The first-order chi connectivity index (χ1) is 13.1. The van der Waals surface area contributed by atoms with Crippen molar-refractivity contribution in [3.8, 4) is 17.1 Å². The predicted octanol–water partition coefficient (Wildman–Crippen LogP) is 3.86. The van der Waals surface area contributed by atoms with Gasteiger partial charge < -0.3 is 14.2 Å². The highest BCUT2D eigenvalue weighted by Crippen LogP contribution is 2.18. The Morgan fingerprint density at radius 2 is 1.96 bits per heavy atom. The van der Waals surface area contributed by atoms with E-state index in [4.69, 9.17) is 9.26 Å². The SMILES string of the molecule is CCN(Cc1nc(-c2cccc(C)c2)no1)C(=O)[C@H](C)Oc1ccccc1. The average Bonchev–Trinajstić information content (AvgIpc) is 3.15. The van der Waals surface area contributed by atoms with Crippen LogP contribution < -0.4 is 4.74 Å². The Morgan fingerprint density at radius 3 is 2.67 bits per heavy atom. The van der Waals surface area contributed by atoms with E-state index in [-0.39, 0.29) is 12.5 Å². The van der Waals surface area contributed by atoms with Gasteiger partial charge in [-0.25, -0.2) is 0 Å². The number of benzene rings is 2. The molecule has 27 heavy (non-hydrogen) atoms. The minimum absolute atomic E-state index is 0.128. The molecule has 0 aliphatic carbocycles. The number of para-hydroxylation sites is 1. The molecule has 0 spiro atoms. The molecule has 3 rings (SSSR count). The fourth-order valence-electron chi connectivity index (χ4n) is 2.74. The number of aryl methyl sites for hydroxylation is 1. The largest absolute Gasteiger partial charge is 0.481 e. The summed E-state index contributed by atoms with van der Waals surface area (Å²) in [6.07, 6.45) is -0.605. The number of hydrogen-bond donors (Lipinski definition) is 0. The van der Waals surface area contributed by atoms with Gasteiger partial charge in [0.1, 0.15) is 12.3 Å². The summed E-state index contributed by atoms with van der Waals surface area (Å²) in [7, 11) is 0. The van der Waals surface area contributed by atoms with Crippen molar-refractivity contribution in [2.75, 3.05) is 6.54 Å². The Labute approximate surface area is 158 Å². The Bertz CT molecular complexity index is 892. The van der Waals surface area contributed by atoms with Crippen LogP contribution in [0, 0.1) is 6.92 Å². The van der Waals surface area contributed by atoms with Gasteiger partial charge >= 0.3 is 0 Å². The molecule has 140 valence electrons. The van der Waals surface area contributed by atoms with Crippen molar-refractivity contribution in [2.24, 2.45) is 0 Å². The molecule has 1 aromatic heterocycles. The van der Waals surface area contributed by atoms with Crippen molar-refractivity contribution in [3.05, 3.63) is 66.1 Å². The Morgan fingerprint density at radius 1 is 1.19 bits per heavy atom. The zero-order chi connectivity index (χ0) is 19.2. The number of ether oxygens (including phenoxy) is 1. The van der Waals surface area contributed by atoms with E-state index in [9.17, 15) is 4.79 Å². The molecule has 0 fully saturated rings. The molecule has 0 aliphatic heterocycles. The summed E-state index contributed by atoms with van der Waals surface area (Å²) in [5, 5.41) is 4.03. The van der Waals surface area contributed by atoms with Gasteiger partial charge in [-0.05, 0) is 39.0 Å². The maximum atomic E-state index is 12.7. The summed E-state index contributed by atoms with van der Waals surface area (Å²) in [6, 6.07) is 17.2. The van der Waals surface area contributed by atoms with Gasteiger partial charge in [-0.1, -0.05) is 47.1 Å². The lowest BCUT2D eigenvalue weighted by Gasteiger charge is -2.23. The summed E-state index contributed by atoms with van der Waals surface area (Å²) in [6.45, 7) is 6.42. The zero-order valence-corrected chi connectivity index (χ0v) is 15.8. The third-order valence-corrected chi connectivity index (χ3v) is 4.17. The Hall–Kier alpha value is -3.15. The number of carbonyl (C=O) groups is 1. The molecular weight excluding hydrogens is 342 g/mol. The number of rotatable bonds is 7. The first-order valence-electron chi connectivity index (χ1n) is 8.97. The van der Waals surface area contributed by atoms with Gasteiger partial charge in [0.15, 0.2) is 6.10 Å². The highest BCUT2D eigenvalue weighted by atomic mass is 16.5. The number of carbonyl (C=O) groups excluding carboxylic acids is 1. The number of hydrogen-bond acceptors (Lipinski definition) is 5. The van der Waals surface area contributed by atoms with Gasteiger partial charge in [0, 0.05) is 12.1 Å². The van der Waals surface area contributed by atoms with E-state index < -0.39 is 6.10 Å². The number of nitrogens with zero attached hydrogens (tertiary/aromatic N) is 3. The van der Waals surface area contributed by atoms with Crippen LogP contribution in [0.4, 0.5) is 0 Å². The third kappa shape index (κ3) is 4.73. The second kappa shape index (κ2) is 8.49. The highest BCUT2D eigenvalue weighted by molar-refractivity contribution is 5.80. The van der Waals surface area contributed by atoms with Gasteiger partial charge in [0.2, 0.25) is 11.7 Å². The van der Waals surface area contributed by atoms with Crippen molar-refractivity contribution in [1.29, 1.82) is 0 Å². The van der Waals surface area contributed by atoms with Gasteiger partial charge in [0.25, 0.3) is 5.91 Å². The summed E-state index contributed by atoms with van der Waals surface area (Å²) >= 11 is 0. The van der Waals surface area contributed by atoms with Gasteiger partial charge in [-0.2, -0.15) is 4.98 Å². The summed E-state index contributed by atoms with van der Waals surface area (Å²) in [4.78, 5) is 18.8. The standard InChI is InChI=1S/C21H23N3O3/c1-4-24(21(25)16(3)26-18-11-6-5-7-12-18)14-19-22-20(23-27-19)17-10-8-9-15(2)13-17/h5-13,16H,4,14H2,1-3H3/t16-/m0/s1. The minimum atomic E-state index is -0.605. The molecule has 6 nitrogen and oxygen atoms in total. The molecular formula is C21H23N3O3. The van der Waals surface area contributed by atoms with Crippen LogP contribution in [-0.4, -0.2) is 33.6 Å². The fourth-order valence-corrected chi connectivity index (χ4v) is 2.74. The molecule has 0 aliphatic rings. The van der Waals surface area contributed by atoms with Crippen LogP contribution in [0.2, 0.25) is 0 Å². The Kier molecular flexibility index (Phi) is 5.86. The van der Waals surface area contributed by atoms with Crippen LogP contribution in [0.25, 0.3) is 11.4 Å². The summed E-state index contributed by atoms with van der Waals surface area (Å²) in [5.41, 5.74) is 2.01. The number of amides is 1. The number of likely N-dealkylation sites (N-methyl/N-ethyl adjacent to an activating group) is 1. The summed E-state index contributed by atoms with van der Waals surface area (Å²) in [5.74, 6) is 1.45. The lowest BCUT2D eigenvalue weighted by molar-refractivity contribution is -0.138. The van der Waals surface area contributed by atoms with Crippen LogP contribution >= 0.6 is 0 Å². The monoisotopic (exact) mass is 365 g/mol. The smallest absolute Gasteiger partial charge is 0.263 e. The molecule has 1 atom stereocenters. The predicted molar refractivity (Wildman–Crippen MR) is 102 cm³/mol. The molecule has 1 heterocycles. The van der Waals surface area contributed by atoms with Crippen LogP contribution in [0.15, 0.2) is 59.1 Å². The van der Waals surface area contributed by atoms with Crippen LogP contribution in [0.3, 0.4) is 0 Å². The van der Waals surface area contributed by atoms with Crippen LogP contribution in [0.5, 0.6) is 5.75 Å². The van der Waals surface area contributed by atoms with E-state index in [1.807, 2.05) is 68.4 Å². The second-order valence-corrected chi connectivity index (χ2v) is 6.31. The van der Waals surface area contributed by atoms with Crippen molar-refractivity contribution in [3.63, 3.8) is 0 Å². The zero-order valence-electron chi connectivity index (χ0n) is 15.8. The molecule has 0 N–H and O–H groups in total. The average molecular weight is 365 g/mol. The first kappa shape index (κ1) is 18.6. The molecule has 0 saturated carbocycles. The van der Waals surface area contributed by atoms with E-state index >= 15 is 0 Å². The molecule has 1 amide bonds.